The fraction of sp³-hybridized carbons (Fsp3) is 0.227. The number of nitrogens with zero attached hydrogens (tertiary/aromatic N) is 2. The lowest BCUT2D eigenvalue weighted by molar-refractivity contribution is -0.384. The van der Waals surface area contributed by atoms with Gasteiger partial charge in [-0.25, -0.2) is 4.79 Å². The van der Waals surface area contributed by atoms with E-state index in [2.05, 4.69) is 5.32 Å². The quantitative estimate of drug-likeness (QED) is 0.432. The molecular weight excluding hydrogens is 402 g/mol. The Morgan fingerprint density at radius 1 is 1.16 bits per heavy atom. The van der Waals surface area contributed by atoms with E-state index in [1.54, 1.807) is 38.1 Å². The second kappa shape index (κ2) is 9.21. The van der Waals surface area contributed by atoms with Gasteiger partial charge in [-0.15, -0.1) is 0 Å². The summed E-state index contributed by atoms with van der Waals surface area (Å²) < 4.78 is 5.15. The van der Waals surface area contributed by atoms with E-state index in [1.807, 2.05) is 6.07 Å². The largest absolute Gasteiger partial charge is 0.463 e. The minimum Gasteiger partial charge on any atom is -0.463 e. The molecule has 9 heteroatoms. The summed E-state index contributed by atoms with van der Waals surface area (Å²) in [6.45, 7) is 3.37. The number of non-ortho nitro benzene ring substituents is 1. The first-order valence-electron chi connectivity index (χ1n) is 9.64. The number of hydrogen-bond donors (Lipinski definition) is 1. The van der Waals surface area contributed by atoms with Crippen molar-refractivity contribution in [2.45, 2.75) is 20.3 Å². The topological polar surface area (TPSA) is 119 Å². The van der Waals surface area contributed by atoms with E-state index in [4.69, 9.17) is 4.74 Å². The second-order valence-electron chi connectivity index (χ2n) is 6.83. The van der Waals surface area contributed by atoms with Gasteiger partial charge in [0.25, 0.3) is 5.69 Å². The third-order valence-electron chi connectivity index (χ3n) is 4.87. The van der Waals surface area contributed by atoms with Crippen LogP contribution in [-0.2, 0) is 19.1 Å². The van der Waals surface area contributed by atoms with Gasteiger partial charge in [0.2, 0.25) is 11.8 Å². The summed E-state index contributed by atoms with van der Waals surface area (Å²) in [4.78, 5) is 50.2. The normalized spacial score (nSPS) is 16.1. The molecule has 31 heavy (non-hydrogen) atoms. The molecule has 0 bridgehead atoms. The second-order valence-corrected chi connectivity index (χ2v) is 6.83. The van der Waals surface area contributed by atoms with Crippen LogP contribution in [0, 0.1) is 16.0 Å². The fourth-order valence-electron chi connectivity index (χ4n) is 3.46. The minimum absolute atomic E-state index is 0.102. The van der Waals surface area contributed by atoms with Crippen molar-refractivity contribution in [2.75, 3.05) is 16.8 Å². The minimum atomic E-state index is -1.05. The van der Waals surface area contributed by atoms with Gasteiger partial charge < -0.3 is 10.1 Å². The number of amides is 2. The molecular formula is C22H21N3O6. The zero-order chi connectivity index (χ0) is 22.5. The predicted molar refractivity (Wildman–Crippen MR) is 113 cm³/mol. The number of carbonyl (C=O) groups excluding carboxylic acids is 3. The van der Waals surface area contributed by atoms with Crippen LogP contribution in [-0.4, -0.2) is 29.3 Å². The molecule has 1 aliphatic heterocycles. The number of nitro groups is 1. The molecule has 0 radical (unpaired) electrons. The Balaban J connectivity index is 1.95. The summed E-state index contributed by atoms with van der Waals surface area (Å²) in [6.07, 6.45) is -0.223. The Kier molecular flexibility index (Phi) is 6.44. The molecule has 1 heterocycles. The smallest absolute Gasteiger partial charge is 0.336 e. The number of nitrogens with one attached hydrogen (secondary N) is 1. The lowest BCUT2D eigenvalue weighted by Gasteiger charge is -2.33. The Morgan fingerprint density at radius 3 is 2.39 bits per heavy atom. The summed E-state index contributed by atoms with van der Waals surface area (Å²) in [5.41, 5.74) is 1.21. The number of anilines is 2. The summed E-state index contributed by atoms with van der Waals surface area (Å²) in [6, 6.07) is 14.1. The Hall–Kier alpha value is -4.01. The molecule has 3 rings (SSSR count). The maximum Gasteiger partial charge on any atom is 0.336 e. The van der Waals surface area contributed by atoms with E-state index in [-0.39, 0.29) is 30.2 Å². The number of ether oxygens (including phenoxy) is 1. The number of benzene rings is 2. The molecule has 2 aromatic carbocycles. The van der Waals surface area contributed by atoms with Crippen LogP contribution >= 0.6 is 0 Å². The molecule has 9 nitrogen and oxygen atoms in total. The first-order valence-corrected chi connectivity index (χ1v) is 9.64. The molecule has 1 aliphatic rings. The molecule has 1 unspecified atom stereocenters. The molecule has 0 saturated heterocycles. The highest BCUT2D eigenvalue weighted by Crippen LogP contribution is 2.34. The zero-order valence-corrected chi connectivity index (χ0v) is 17.0. The van der Waals surface area contributed by atoms with Crippen LogP contribution < -0.4 is 10.2 Å². The van der Waals surface area contributed by atoms with Crippen molar-refractivity contribution in [1.82, 2.24) is 0 Å². The van der Waals surface area contributed by atoms with Crippen LogP contribution in [0.15, 0.2) is 65.9 Å². The van der Waals surface area contributed by atoms with Gasteiger partial charge in [0.05, 0.1) is 23.0 Å². The molecule has 0 aliphatic carbocycles. The van der Waals surface area contributed by atoms with E-state index >= 15 is 0 Å². The van der Waals surface area contributed by atoms with E-state index in [0.29, 0.717) is 17.1 Å². The average Bonchev–Trinajstić information content (AvgIpc) is 2.74. The lowest BCUT2D eigenvalue weighted by atomic mass is 9.88. The van der Waals surface area contributed by atoms with Crippen molar-refractivity contribution in [2.24, 2.45) is 5.92 Å². The van der Waals surface area contributed by atoms with E-state index < -0.39 is 22.7 Å². The maximum absolute atomic E-state index is 13.0. The highest BCUT2D eigenvalue weighted by molar-refractivity contribution is 6.10. The zero-order valence-electron chi connectivity index (χ0n) is 17.0. The molecule has 2 aromatic rings. The summed E-state index contributed by atoms with van der Waals surface area (Å²) in [7, 11) is 0. The number of rotatable bonds is 6. The molecule has 0 fully saturated rings. The highest BCUT2D eigenvalue weighted by atomic mass is 16.6. The van der Waals surface area contributed by atoms with Gasteiger partial charge in [-0.2, -0.15) is 0 Å². The van der Waals surface area contributed by atoms with Crippen LogP contribution in [0.5, 0.6) is 0 Å². The molecule has 0 spiro atoms. The van der Waals surface area contributed by atoms with Gasteiger partial charge in [-0.3, -0.25) is 24.6 Å². The first kappa shape index (κ1) is 21.7. The number of allylic oxidation sites excluding steroid dienone is 1. The Morgan fingerprint density at radius 2 is 1.81 bits per heavy atom. The van der Waals surface area contributed by atoms with Crippen LogP contribution in [0.1, 0.15) is 20.3 Å². The number of esters is 1. The lowest BCUT2D eigenvalue weighted by Crippen LogP contribution is -2.43. The highest BCUT2D eigenvalue weighted by Gasteiger charge is 2.40. The molecule has 0 aromatic heterocycles. The van der Waals surface area contributed by atoms with Gasteiger partial charge >= 0.3 is 5.97 Å². The Bertz CT molecular complexity index is 1050. The summed E-state index contributed by atoms with van der Waals surface area (Å²) in [5.74, 6) is -2.63. The summed E-state index contributed by atoms with van der Waals surface area (Å²) in [5, 5.41) is 13.4. The van der Waals surface area contributed by atoms with Gasteiger partial charge in [0.15, 0.2) is 0 Å². The van der Waals surface area contributed by atoms with Crippen molar-refractivity contribution in [1.29, 1.82) is 0 Å². The Labute approximate surface area is 178 Å². The van der Waals surface area contributed by atoms with Crippen LogP contribution in [0.4, 0.5) is 17.1 Å². The average molecular weight is 423 g/mol. The number of para-hydroxylation sites is 1. The first-order chi connectivity index (χ1) is 14.8. The van der Waals surface area contributed by atoms with Gasteiger partial charge in [-0.1, -0.05) is 18.2 Å². The number of carbonyl (C=O) groups is 3. The van der Waals surface area contributed by atoms with Crippen molar-refractivity contribution in [3.05, 3.63) is 76.0 Å². The van der Waals surface area contributed by atoms with Crippen LogP contribution in [0.3, 0.4) is 0 Å². The monoisotopic (exact) mass is 423 g/mol. The molecule has 0 saturated carbocycles. The van der Waals surface area contributed by atoms with Crippen molar-refractivity contribution in [3.8, 4) is 0 Å². The maximum atomic E-state index is 13.0. The molecule has 1 N–H and O–H groups in total. The molecule has 2 amide bonds. The predicted octanol–water partition coefficient (Wildman–Crippen LogP) is 3.42. The van der Waals surface area contributed by atoms with Gasteiger partial charge in [0, 0.05) is 35.6 Å². The summed E-state index contributed by atoms with van der Waals surface area (Å²) >= 11 is 0. The van der Waals surface area contributed by atoms with E-state index in [1.165, 1.54) is 29.2 Å². The standard InChI is InChI=1S/C22H21N3O6/c1-3-31-22(28)20-14(2)24(16-7-5-4-6-8-16)19(26)13-18(20)21(27)23-15-9-11-17(12-10-15)25(29)30/h4-12,18H,3,13H2,1-2H3,(H,23,27). The third kappa shape index (κ3) is 4.61. The SMILES string of the molecule is CCOC(=O)C1=C(C)N(c2ccccc2)C(=O)CC1C(=O)Nc1ccc([N+](=O)[O-])cc1. The number of nitro benzene ring substituents is 1. The van der Waals surface area contributed by atoms with Crippen molar-refractivity contribution >= 4 is 34.8 Å². The third-order valence-corrected chi connectivity index (χ3v) is 4.87. The molecule has 160 valence electrons. The van der Waals surface area contributed by atoms with Crippen LogP contribution in [0.25, 0.3) is 0 Å². The van der Waals surface area contributed by atoms with Crippen LogP contribution in [0.2, 0.25) is 0 Å². The van der Waals surface area contributed by atoms with E-state index in [0.717, 1.165) is 0 Å². The van der Waals surface area contributed by atoms with E-state index in [9.17, 15) is 24.5 Å². The van der Waals surface area contributed by atoms with Gasteiger partial charge in [0.1, 0.15) is 0 Å². The van der Waals surface area contributed by atoms with Gasteiger partial charge in [-0.05, 0) is 38.1 Å². The number of hydrogen-bond acceptors (Lipinski definition) is 6. The molecule has 1 atom stereocenters. The van der Waals surface area contributed by atoms with Crippen molar-refractivity contribution in [3.63, 3.8) is 0 Å². The van der Waals surface area contributed by atoms with Crippen molar-refractivity contribution < 1.29 is 24.0 Å². The fourth-order valence-corrected chi connectivity index (χ4v) is 3.46.